The van der Waals surface area contributed by atoms with Crippen LogP contribution in [0.2, 0.25) is 10.0 Å². The lowest BCUT2D eigenvalue weighted by Crippen LogP contribution is -2.36. The minimum atomic E-state index is -3.66. The van der Waals surface area contributed by atoms with Gasteiger partial charge < -0.3 is 23.8 Å². The Balaban J connectivity index is 1.93. The molecule has 1 atom stereocenters. The van der Waals surface area contributed by atoms with Crippen molar-refractivity contribution in [3.8, 4) is 17.2 Å². The third-order valence-electron chi connectivity index (χ3n) is 5.39. The zero-order valence-corrected chi connectivity index (χ0v) is 21.4. The first-order valence-electron chi connectivity index (χ1n) is 10.1. The number of amides is 1. The molecular weight excluding hydrogens is 509 g/mol. The SMILES string of the molecule is COc1cc(C(=O)N2CO[C@](CCOS(C)(=O)=O)(c3ccc(Cl)c(Cl)c3)C2)cc(OC)c1OC. The fraction of sp³-hybridized carbons (Fsp3) is 0.409. The number of ether oxygens (including phenoxy) is 4. The normalized spacial score (nSPS) is 18.1. The molecule has 1 fully saturated rings. The van der Waals surface area contributed by atoms with E-state index < -0.39 is 15.7 Å². The van der Waals surface area contributed by atoms with E-state index in [1.807, 2.05) is 0 Å². The zero-order chi connectivity index (χ0) is 25.1. The Kier molecular flexibility index (Phi) is 8.20. The summed E-state index contributed by atoms with van der Waals surface area (Å²) in [5, 5.41) is 0.664. The molecule has 2 aromatic carbocycles. The molecule has 3 rings (SSSR count). The first kappa shape index (κ1) is 26.4. The molecule has 9 nitrogen and oxygen atoms in total. The molecular formula is C22H25Cl2NO8S. The molecule has 0 saturated carbocycles. The largest absolute Gasteiger partial charge is 0.493 e. The van der Waals surface area contributed by atoms with E-state index >= 15 is 0 Å². The van der Waals surface area contributed by atoms with Crippen LogP contribution in [0.3, 0.4) is 0 Å². The van der Waals surface area contributed by atoms with Gasteiger partial charge in [0.05, 0.1) is 50.8 Å². The van der Waals surface area contributed by atoms with Crippen LogP contribution >= 0.6 is 23.2 Å². The predicted molar refractivity (Wildman–Crippen MR) is 127 cm³/mol. The van der Waals surface area contributed by atoms with E-state index in [9.17, 15) is 13.2 Å². The number of methoxy groups -OCH3 is 3. The van der Waals surface area contributed by atoms with Crippen LogP contribution in [0.15, 0.2) is 30.3 Å². The van der Waals surface area contributed by atoms with Gasteiger partial charge in [-0.3, -0.25) is 8.98 Å². The molecule has 0 spiro atoms. The van der Waals surface area contributed by atoms with Crippen molar-refractivity contribution in [3.63, 3.8) is 0 Å². The molecule has 1 amide bonds. The molecule has 0 unspecified atom stereocenters. The fourth-order valence-corrected chi connectivity index (χ4v) is 4.41. The molecule has 1 saturated heterocycles. The Morgan fingerprint density at radius 2 is 1.71 bits per heavy atom. The van der Waals surface area contributed by atoms with Crippen LogP contribution in [0.25, 0.3) is 0 Å². The van der Waals surface area contributed by atoms with E-state index in [0.29, 0.717) is 38.4 Å². The van der Waals surface area contributed by atoms with E-state index in [0.717, 1.165) is 6.26 Å². The van der Waals surface area contributed by atoms with Crippen molar-refractivity contribution in [1.29, 1.82) is 0 Å². The van der Waals surface area contributed by atoms with Gasteiger partial charge in [0.2, 0.25) is 5.75 Å². The lowest BCUT2D eigenvalue weighted by atomic mass is 9.90. The van der Waals surface area contributed by atoms with Crippen molar-refractivity contribution in [2.45, 2.75) is 12.0 Å². The quantitative estimate of drug-likeness (QED) is 0.449. The summed E-state index contributed by atoms with van der Waals surface area (Å²) in [6.07, 6.45) is 1.12. The van der Waals surface area contributed by atoms with Gasteiger partial charge in [-0.25, -0.2) is 0 Å². The maximum absolute atomic E-state index is 13.4. The number of hydrogen-bond donors (Lipinski definition) is 0. The van der Waals surface area contributed by atoms with Gasteiger partial charge in [0.25, 0.3) is 16.0 Å². The second-order valence-corrected chi connectivity index (χ2v) is 10.0. The van der Waals surface area contributed by atoms with Gasteiger partial charge in [0.15, 0.2) is 11.5 Å². The van der Waals surface area contributed by atoms with Crippen molar-refractivity contribution in [2.24, 2.45) is 0 Å². The highest BCUT2D eigenvalue weighted by atomic mass is 35.5. The molecule has 0 N–H and O–H groups in total. The summed E-state index contributed by atoms with van der Waals surface area (Å²) in [5.41, 5.74) is -0.121. The van der Waals surface area contributed by atoms with Crippen molar-refractivity contribution < 1.29 is 36.3 Å². The van der Waals surface area contributed by atoms with Crippen LogP contribution in [-0.2, 0) is 24.6 Å². The van der Waals surface area contributed by atoms with Crippen molar-refractivity contribution in [1.82, 2.24) is 4.90 Å². The molecule has 0 aromatic heterocycles. The highest BCUT2D eigenvalue weighted by molar-refractivity contribution is 7.85. The number of benzene rings is 2. The van der Waals surface area contributed by atoms with Gasteiger partial charge in [-0.1, -0.05) is 29.3 Å². The molecule has 12 heteroatoms. The standard InChI is InChI=1S/C22H25Cl2NO8S/c1-29-18-9-14(10-19(30-2)20(18)31-3)21(26)25-12-22(32-13-25,7-8-33-34(4,27)28)15-5-6-16(23)17(24)11-15/h5-6,9-11H,7-8,12-13H2,1-4H3/t22-/m0/s1. The number of halogens is 2. The Labute approximate surface area is 208 Å². The number of nitrogens with zero attached hydrogens (tertiary/aromatic N) is 1. The Morgan fingerprint density at radius 1 is 1.06 bits per heavy atom. The highest BCUT2D eigenvalue weighted by Gasteiger charge is 2.43. The Morgan fingerprint density at radius 3 is 2.24 bits per heavy atom. The van der Waals surface area contributed by atoms with Crippen LogP contribution in [0.1, 0.15) is 22.3 Å². The maximum Gasteiger partial charge on any atom is 0.264 e. The zero-order valence-electron chi connectivity index (χ0n) is 19.1. The molecule has 2 aromatic rings. The lowest BCUT2D eigenvalue weighted by molar-refractivity contribution is -0.0125. The van der Waals surface area contributed by atoms with Gasteiger partial charge >= 0.3 is 0 Å². The van der Waals surface area contributed by atoms with Gasteiger partial charge in [-0.2, -0.15) is 8.42 Å². The molecule has 0 radical (unpaired) electrons. The predicted octanol–water partition coefficient (Wildman–Crippen LogP) is 3.71. The summed E-state index contributed by atoms with van der Waals surface area (Å²) in [5.74, 6) is 0.692. The summed E-state index contributed by atoms with van der Waals surface area (Å²) in [6, 6.07) is 8.08. The maximum atomic E-state index is 13.4. The fourth-order valence-electron chi connectivity index (χ4n) is 3.73. The van der Waals surface area contributed by atoms with Crippen LogP contribution < -0.4 is 14.2 Å². The minimum Gasteiger partial charge on any atom is -0.493 e. The summed E-state index contributed by atoms with van der Waals surface area (Å²) < 4.78 is 50.0. The lowest BCUT2D eigenvalue weighted by Gasteiger charge is -2.28. The molecule has 1 aliphatic heterocycles. The topological polar surface area (TPSA) is 101 Å². The van der Waals surface area contributed by atoms with E-state index in [4.69, 9.17) is 46.3 Å². The molecule has 0 bridgehead atoms. The van der Waals surface area contributed by atoms with E-state index in [1.54, 1.807) is 30.3 Å². The molecule has 1 aliphatic rings. The summed E-state index contributed by atoms with van der Waals surface area (Å²) in [4.78, 5) is 14.9. The second-order valence-electron chi connectivity index (χ2n) is 7.59. The Bertz CT molecular complexity index is 1150. The number of hydrogen-bond acceptors (Lipinski definition) is 8. The summed E-state index contributed by atoms with van der Waals surface area (Å²) in [7, 11) is 0.735. The molecule has 0 aliphatic carbocycles. The van der Waals surface area contributed by atoms with Gasteiger partial charge in [0.1, 0.15) is 12.3 Å². The molecule has 1 heterocycles. The van der Waals surface area contributed by atoms with Crippen molar-refractivity contribution >= 4 is 39.2 Å². The smallest absolute Gasteiger partial charge is 0.264 e. The Hall–Kier alpha value is -2.24. The summed E-state index contributed by atoms with van der Waals surface area (Å²) >= 11 is 12.3. The third kappa shape index (κ3) is 5.69. The highest BCUT2D eigenvalue weighted by Crippen LogP contribution is 2.41. The van der Waals surface area contributed by atoms with Crippen molar-refractivity contribution in [2.75, 3.05) is 47.5 Å². The molecule has 186 valence electrons. The minimum absolute atomic E-state index is 0.0470. The average molecular weight is 534 g/mol. The van der Waals surface area contributed by atoms with Crippen LogP contribution in [0.5, 0.6) is 17.2 Å². The number of rotatable bonds is 9. The van der Waals surface area contributed by atoms with Crippen LogP contribution in [0, 0.1) is 0 Å². The average Bonchev–Trinajstić information content (AvgIpc) is 3.23. The van der Waals surface area contributed by atoms with E-state index in [-0.39, 0.29) is 32.2 Å². The van der Waals surface area contributed by atoms with Gasteiger partial charge in [0, 0.05) is 12.0 Å². The summed E-state index contributed by atoms with van der Waals surface area (Å²) in [6.45, 7) is -0.0759. The first-order valence-corrected chi connectivity index (χ1v) is 12.6. The monoisotopic (exact) mass is 533 g/mol. The molecule has 34 heavy (non-hydrogen) atoms. The van der Waals surface area contributed by atoms with Crippen LogP contribution in [-0.4, -0.2) is 66.7 Å². The van der Waals surface area contributed by atoms with Gasteiger partial charge in [-0.05, 0) is 29.8 Å². The number of carbonyl (C=O) groups is 1. The van der Waals surface area contributed by atoms with Crippen LogP contribution in [0.4, 0.5) is 0 Å². The second kappa shape index (κ2) is 10.6. The number of carbonyl (C=O) groups excluding carboxylic acids is 1. The van der Waals surface area contributed by atoms with E-state index in [1.165, 1.54) is 26.2 Å². The van der Waals surface area contributed by atoms with Gasteiger partial charge in [-0.15, -0.1) is 0 Å². The van der Waals surface area contributed by atoms with Crippen molar-refractivity contribution in [3.05, 3.63) is 51.5 Å². The van der Waals surface area contributed by atoms with E-state index in [2.05, 4.69) is 0 Å². The first-order chi connectivity index (χ1) is 16.0. The third-order valence-corrected chi connectivity index (χ3v) is 6.72.